The van der Waals surface area contributed by atoms with Crippen LogP contribution in [0.25, 0.3) is 11.1 Å². The van der Waals surface area contributed by atoms with Crippen LogP contribution in [0.5, 0.6) is 0 Å². The zero-order valence-electron chi connectivity index (χ0n) is 18.8. The van der Waals surface area contributed by atoms with E-state index in [1.807, 2.05) is 26.0 Å². The van der Waals surface area contributed by atoms with Crippen LogP contribution in [0.3, 0.4) is 0 Å². The molecule has 0 saturated carbocycles. The number of carbonyl (C=O) groups is 1. The number of ether oxygens (including phenoxy) is 1. The highest BCUT2D eigenvalue weighted by Gasteiger charge is 2.27. The summed E-state index contributed by atoms with van der Waals surface area (Å²) in [6.07, 6.45) is 0. The van der Waals surface area contributed by atoms with E-state index in [4.69, 9.17) is 9.15 Å². The monoisotopic (exact) mass is 489 g/mol. The van der Waals surface area contributed by atoms with E-state index in [1.165, 1.54) is 39.3 Å². The number of amides is 1. The number of fused-ring (bicyclic) bond motifs is 1. The third-order valence-corrected chi connectivity index (χ3v) is 8.41. The molecule has 0 spiro atoms. The molecule has 0 bridgehead atoms. The number of nitrogens with one attached hydrogen (secondary N) is 1. The van der Waals surface area contributed by atoms with Crippen molar-refractivity contribution in [3.8, 4) is 0 Å². The summed E-state index contributed by atoms with van der Waals surface area (Å²) in [5.74, 6) is 0.00424. The quantitative estimate of drug-likeness (QED) is 0.507. The van der Waals surface area contributed by atoms with Crippen LogP contribution >= 0.6 is 11.8 Å². The van der Waals surface area contributed by atoms with Gasteiger partial charge in [0.25, 0.3) is 5.22 Å². The van der Waals surface area contributed by atoms with Gasteiger partial charge in [0.1, 0.15) is 5.52 Å². The van der Waals surface area contributed by atoms with E-state index in [9.17, 15) is 13.2 Å². The molecule has 1 atom stereocenters. The van der Waals surface area contributed by atoms with Crippen molar-refractivity contribution >= 4 is 38.8 Å². The van der Waals surface area contributed by atoms with Crippen molar-refractivity contribution in [3.05, 3.63) is 53.1 Å². The molecule has 1 saturated heterocycles. The van der Waals surface area contributed by atoms with Gasteiger partial charge in [0.2, 0.25) is 15.9 Å². The molecule has 1 amide bonds. The van der Waals surface area contributed by atoms with E-state index >= 15 is 0 Å². The summed E-state index contributed by atoms with van der Waals surface area (Å²) < 4.78 is 38.1. The first kappa shape index (κ1) is 23.7. The van der Waals surface area contributed by atoms with Crippen molar-refractivity contribution < 1.29 is 22.4 Å². The molecule has 1 fully saturated rings. The molecule has 1 aromatic heterocycles. The standard InChI is InChI=1S/C23H27N3O5S2/c1-15-4-5-18(12-16(15)2)17(3)24-22(27)14-32-23-25-20-13-19(6-7-21(20)31-23)33(28,29)26-8-10-30-11-9-26/h4-7,12-13,17H,8-11,14H2,1-3H3,(H,24,27)/t17-/m0/s1. The maximum Gasteiger partial charge on any atom is 0.257 e. The van der Waals surface area contributed by atoms with E-state index in [-0.39, 0.29) is 22.6 Å². The molecule has 2 heterocycles. The minimum atomic E-state index is -3.61. The second-order valence-electron chi connectivity index (χ2n) is 8.05. The number of nitrogens with zero attached hydrogens (tertiary/aromatic N) is 2. The van der Waals surface area contributed by atoms with Crippen molar-refractivity contribution in [3.63, 3.8) is 0 Å². The Kier molecular flexibility index (Phi) is 7.08. The molecule has 1 aliphatic rings. The Hall–Kier alpha value is -2.40. The molecule has 3 aromatic rings. The molecular formula is C23H27N3O5S2. The van der Waals surface area contributed by atoms with Gasteiger partial charge in [-0.05, 0) is 55.7 Å². The van der Waals surface area contributed by atoms with Crippen LogP contribution in [0.1, 0.15) is 29.7 Å². The number of hydrogen-bond donors (Lipinski definition) is 1. The maximum absolute atomic E-state index is 12.9. The third kappa shape index (κ3) is 5.40. The van der Waals surface area contributed by atoms with Crippen LogP contribution in [0.2, 0.25) is 0 Å². The topological polar surface area (TPSA) is 102 Å². The van der Waals surface area contributed by atoms with Gasteiger partial charge in [-0.25, -0.2) is 13.4 Å². The van der Waals surface area contributed by atoms with Gasteiger partial charge in [-0.15, -0.1) is 0 Å². The molecule has 1 aliphatic heterocycles. The first-order valence-corrected chi connectivity index (χ1v) is 13.1. The number of morpholine rings is 1. The number of carbonyl (C=O) groups excluding carboxylic acids is 1. The fourth-order valence-electron chi connectivity index (χ4n) is 3.57. The Labute approximate surface area is 197 Å². The predicted octanol–water partition coefficient (Wildman–Crippen LogP) is 3.44. The summed E-state index contributed by atoms with van der Waals surface area (Å²) in [6, 6.07) is 10.7. The van der Waals surface area contributed by atoms with E-state index in [2.05, 4.69) is 23.3 Å². The SMILES string of the molecule is Cc1ccc([C@H](C)NC(=O)CSc2nc3cc(S(=O)(=O)N4CCOCC4)ccc3o2)cc1C. The van der Waals surface area contributed by atoms with Crippen molar-refractivity contribution in [2.45, 2.75) is 36.9 Å². The molecule has 33 heavy (non-hydrogen) atoms. The lowest BCUT2D eigenvalue weighted by Crippen LogP contribution is -2.40. The first-order chi connectivity index (χ1) is 15.7. The minimum absolute atomic E-state index is 0.117. The number of hydrogen-bond acceptors (Lipinski definition) is 7. The predicted molar refractivity (Wildman–Crippen MR) is 127 cm³/mol. The highest BCUT2D eigenvalue weighted by Crippen LogP contribution is 2.27. The molecule has 8 nitrogen and oxygen atoms in total. The number of benzene rings is 2. The fourth-order valence-corrected chi connectivity index (χ4v) is 5.65. The van der Waals surface area contributed by atoms with Crippen molar-refractivity contribution in [1.82, 2.24) is 14.6 Å². The lowest BCUT2D eigenvalue weighted by Gasteiger charge is -2.25. The number of rotatable bonds is 7. The van der Waals surface area contributed by atoms with Crippen LogP contribution in [0.15, 0.2) is 50.9 Å². The van der Waals surface area contributed by atoms with E-state index in [0.29, 0.717) is 42.6 Å². The lowest BCUT2D eigenvalue weighted by atomic mass is 10.0. The van der Waals surface area contributed by atoms with Gasteiger partial charge in [0, 0.05) is 13.1 Å². The third-order valence-electron chi connectivity index (χ3n) is 5.68. The summed E-state index contributed by atoms with van der Waals surface area (Å²) >= 11 is 1.17. The summed E-state index contributed by atoms with van der Waals surface area (Å²) in [4.78, 5) is 17.0. The Bertz CT molecular complexity index is 1270. The zero-order valence-corrected chi connectivity index (χ0v) is 20.5. The summed E-state index contributed by atoms with van der Waals surface area (Å²) in [5.41, 5.74) is 4.36. The molecule has 0 aliphatic carbocycles. The van der Waals surface area contributed by atoms with Crippen LogP contribution in [0, 0.1) is 13.8 Å². The molecule has 1 N–H and O–H groups in total. The van der Waals surface area contributed by atoms with Crippen LogP contribution < -0.4 is 5.32 Å². The van der Waals surface area contributed by atoms with Crippen LogP contribution in [0.4, 0.5) is 0 Å². The smallest absolute Gasteiger partial charge is 0.257 e. The van der Waals surface area contributed by atoms with E-state index in [0.717, 1.165) is 5.56 Å². The highest BCUT2D eigenvalue weighted by atomic mass is 32.2. The number of aromatic nitrogens is 1. The van der Waals surface area contributed by atoms with Crippen LogP contribution in [-0.4, -0.2) is 55.7 Å². The molecule has 0 radical (unpaired) electrons. The Morgan fingerprint density at radius 1 is 1.15 bits per heavy atom. The molecule has 176 valence electrons. The number of aryl methyl sites for hydroxylation is 2. The molecule has 4 rings (SSSR count). The summed E-state index contributed by atoms with van der Waals surface area (Å²) in [7, 11) is -3.61. The largest absolute Gasteiger partial charge is 0.431 e. The Balaban J connectivity index is 1.39. The average molecular weight is 490 g/mol. The van der Waals surface area contributed by atoms with Gasteiger partial charge < -0.3 is 14.5 Å². The average Bonchev–Trinajstić information content (AvgIpc) is 3.22. The van der Waals surface area contributed by atoms with E-state index < -0.39 is 10.0 Å². The highest BCUT2D eigenvalue weighted by molar-refractivity contribution is 7.99. The number of sulfonamides is 1. The number of oxazole rings is 1. The molecular weight excluding hydrogens is 462 g/mol. The van der Waals surface area contributed by atoms with Crippen molar-refractivity contribution in [1.29, 1.82) is 0 Å². The summed E-state index contributed by atoms with van der Waals surface area (Å²) in [6.45, 7) is 7.48. The Morgan fingerprint density at radius 2 is 1.91 bits per heavy atom. The maximum atomic E-state index is 12.9. The second kappa shape index (κ2) is 9.84. The zero-order chi connectivity index (χ0) is 23.6. The van der Waals surface area contributed by atoms with Gasteiger partial charge in [0.05, 0.1) is 29.9 Å². The molecule has 0 unspecified atom stereocenters. The van der Waals surface area contributed by atoms with Crippen LogP contribution in [-0.2, 0) is 19.6 Å². The number of thioether (sulfide) groups is 1. The van der Waals surface area contributed by atoms with Gasteiger partial charge in [-0.2, -0.15) is 4.31 Å². The molecule has 10 heteroatoms. The van der Waals surface area contributed by atoms with Gasteiger partial charge in [-0.3, -0.25) is 4.79 Å². The van der Waals surface area contributed by atoms with Gasteiger partial charge >= 0.3 is 0 Å². The molecule has 2 aromatic carbocycles. The van der Waals surface area contributed by atoms with E-state index in [1.54, 1.807) is 6.07 Å². The second-order valence-corrected chi connectivity index (χ2v) is 10.9. The van der Waals surface area contributed by atoms with Crippen molar-refractivity contribution in [2.24, 2.45) is 0 Å². The van der Waals surface area contributed by atoms with Gasteiger partial charge in [-0.1, -0.05) is 30.0 Å². The first-order valence-electron chi connectivity index (χ1n) is 10.7. The summed E-state index contributed by atoms with van der Waals surface area (Å²) in [5, 5.41) is 3.31. The Morgan fingerprint density at radius 3 is 2.64 bits per heavy atom. The van der Waals surface area contributed by atoms with Gasteiger partial charge in [0.15, 0.2) is 5.58 Å². The lowest BCUT2D eigenvalue weighted by molar-refractivity contribution is -0.119. The minimum Gasteiger partial charge on any atom is -0.431 e. The fraction of sp³-hybridized carbons (Fsp3) is 0.391. The normalized spacial score (nSPS) is 16.1. The van der Waals surface area contributed by atoms with Crippen molar-refractivity contribution in [2.75, 3.05) is 32.1 Å².